The molecule has 0 saturated heterocycles. The molecule has 0 spiro atoms. The lowest BCUT2D eigenvalue weighted by atomic mass is 9.86. The lowest BCUT2D eigenvalue weighted by Gasteiger charge is -2.23. The molecular formula is C26H20ClF2N5O3S. The third-order valence-corrected chi connectivity index (χ3v) is 7.92. The number of hydrogen-bond acceptors (Lipinski definition) is 6. The van der Waals surface area contributed by atoms with Crippen LogP contribution in [0.25, 0.3) is 11.1 Å². The first-order valence-electron chi connectivity index (χ1n) is 11.4. The van der Waals surface area contributed by atoms with E-state index in [0.29, 0.717) is 53.4 Å². The largest absolute Gasteiger partial charge is 0.368 e. The second kappa shape index (κ2) is 9.66. The molecule has 0 unspecified atom stereocenters. The molecule has 0 atom stereocenters. The van der Waals surface area contributed by atoms with E-state index in [1.54, 1.807) is 36.4 Å². The van der Waals surface area contributed by atoms with Crippen LogP contribution < -0.4 is 16.2 Å². The summed E-state index contributed by atoms with van der Waals surface area (Å²) in [6, 6.07) is 12.1. The normalized spacial score (nSPS) is 12.5. The molecule has 1 aliphatic carbocycles. The molecule has 8 nitrogen and oxygen atoms in total. The van der Waals surface area contributed by atoms with E-state index < -0.39 is 32.5 Å². The van der Waals surface area contributed by atoms with E-state index in [0.717, 1.165) is 23.3 Å². The number of amides is 1. The van der Waals surface area contributed by atoms with Gasteiger partial charge in [0, 0.05) is 23.6 Å². The molecule has 0 saturated carbocycles. The predicted molar refractivity (Wildman–Crippen MR) is 139 cm³/mol. The second-order valence-corrected chi connectivity index (χ2v) is 10.8. The number of nitrogen functional groups attached to an aromatic ring is 1. The standard InChI is InChI=1S/C26H20ClF2N5O3S/c27-18-10-15-5-7-20-24(22(33-26(31)32-20)9-13-1-3-14(4-2-13)25(30)35)17(15)12-21(18)34-38(36,37)23-8-6-16(28)11-19(23)29/h1-4,6,8,10-12,34H,5,7,9H2,(H2,30,35)(H2,31,32,33). The van der Waals surface area contributed by atoms with Crippen LogP contribution in [0.1, 0.15) is 32.9 Å². The van der Waals surface area contributed by atoms with Gasteiger partial charge in [-0.05, 0) is 65.9 Å². The number of nitrogens with one attached hydrogen (secondary N) is 1. The molecular weight excluding hydrogens is 536 g/mol. The summed E-state index contributed by atoms with van der Waals surface area (Å²) in [4.78, 5) is 19.5. The van der Waals surface area contributed by atoms with Crippen LogP contribution in [0, 0.1) is 11.6 Å². The summed E-state index contributed by atoms with van der Waals surface area (Å²) in [5, 5.41) is 0.109. The molecule has 0 fully saturated rings. The zero-order chi connectivity index (χ0) is 27.2. The molecule has 12 heteroatoms. The Bertz CT molecular complexity index is 1710. The first-order valence-corrected chi connectivity index (χ1v) is 13.2. The van der Waals surface area contributed by atoms with Gasteiger partial charge in [-0.2, -0.15) is 0 Å². The molecule has 1 aliphatic rings. The molecule has 1 aromatic heterocycles. The van der Waals surface area contributed by atoms with Crippen molar-refractivity contribution in [1.82, 2.24) is 9.97 Å². The first kappa shape index (κ1) is 25.6. The van der Waals surface area contributed by atoms with Gasteiger partial charge in [-0.25, -0.2) is 27.2 Å². The number of aromatic nitrogens is 2. The molecule has 3 aromatic carbocycles. The van der Waals surface area contributed by atoms with E-state index in [4.69, 9.17) is 23.1 Å². The second-order valence-electron chi connectivity index (χ2n) is 8.76. The van der Waals surface area contributed by atoms with E-state index in [1.807, 2.05) is 0 Å². The number of rotatable bonds is 6. The highest BCUT2D eigenvalue weighted by atomic mass is 35.5. The highest BCUT2D eigenvalue weighted by Crippen LogP contribution is 2.40. The Morgan fingerprint density at radius 1 is 1.03 bits per heavy atom. The van der Waals surface area contributed by atoms with Crippen LogP contribution in [0.4, 0.5) is 20.4 Å². The first-order chi connectivity index (χ1) is 18.0. The number of halogens is 3. The van der Waals surface area contributed by atoms with Crippen molar-refractivity contribution in [3.05, 3.63) is 99.3 Å². The number of sulfonamides is 1. The van der Waals surface area contributed by atoms with Crippen molar-refractivity contribution in [2.45, 2.75) is 24.2 Å². The number of carbonyl (C=O) groups excluding carboxylic acids is 1. The molecule has 0 radical (unpaired) electrons. The number of fused-ring (bicyclic) bond motifs is 3. The van der Waals surface area contributed by atoms with Gasteiger partial charge >= 0.3 is 0 Å². The zero-order valence-corrected chi connectivity index (χ0v) is 21.2. The third-order valence-electron chi connectivity index (χ3n) is 6.21. The highest BCUT2D eigenvalue weighted by Gasteiger charge is 2.26. The van der Waals surface area contributed by atoms with Crippen molar-refractivity contribution in [2.75, 3.05) is 10.5 Å². The number of carbonyl (C=O) groups is 1. The van der Waals surface area contributed by atoms with Gasteiger partial charge < -0.3 is 11.5 Å². The quantitative estimate of drug-likeness (QED) is 0.325. The van der Waals surface area contributed by atoms with Gasteiger partial charge in [0.05, 0.1) is 22.1 Å². The van der Waals surface area contributed by atoms with Gasteiger partial charge in [-0.3, -0.25) is 9.52 Å². The van der Waals surface area contributed by atoms with Crippen molar-refractivity contribution in [1.29, 1.82) is 0 Å². The molecule has 38 heavy (non-hydrogen) atoms. The Labute approximate surface area is 221 Å². The van der Waals surface area contributed by atoms with Crippen molar-refractivity contribution in [2.24, 2.45) is 5.73 Å². The predicted octanol–water partition coefficient (Wildman–Crippen LogP) is 4.25. The van der Waals surface area contributed by atoms with Crippen molar-refractivity contribution >= 4 is 39.2 Å². The molecule has 4 aromatic rings. The van der Waals surface area contributed by atoms with E-state index in [9.17, 15) is 22.0 Å². The third kappa shape index (κ3) is 4.90. The average Bonchev–Trinajstić information content (AvgIpc) is 2.84. The van der Waals surface area contributed by atoms with Crippen LogP contribution >= 0.6 is 11.6 Å². The van der Waals surface area contributed by atoms with Gasteiger partial charge in [0.1, 0.15) is 16.5 Å². The lowest BCUT2D eigenvalue weighted by molar-refractivity contribution is 0.1000. The van der Waals surface area contributed by atoms with E-state index >= 15 is 0 Å². The van der Waals surface area contributed by atoms with Crippen molar-refractivity contribution in [3.63, 3.8) is 0 Å². The van der Waals surface area contributed by atoms with Crippen molar-refractivity contribution < 1.29 is 22.0 Å². The maximum absolute atomic E-state index is 14.2. The SMILES string of the molecule is NC(=O)c1ccc(Cc2nc(N)nc3c2-c2cc(NS(=O)(=O)c4ccc(F)cc4F)c(Cl)cc2CC3)cc1. The molecule has 194 valence electrons. The Morgan fingerprint density at radius 2 is 1.76 bits per heavy atom. The Morgan fingerprint density at radius 3 is 2.45 bits per heavy atom. The number of hydrogen-bond donors (Lipinski definition) is 3. The number of benzene rings is 3. The minimum absolute atomic E-state index is 0.00979. The maximum atomic E-state index is 14.2. The number of primary amides is 1. The van der Waals surface area contributed by atoms with Crippen LogP contribution in [-0.2, 0) is 29.3 Å². The Hall–Kier alpha value is -4.09. The summed E-state index contributed by atoms with van der Waals surface area (Å²) in [5.74, 6) is -2.58. The Balaban J connectivity index is 1.57. The molecule has 1 heterocycles. The maximum Gasteiger partial charge on any atom is 0.264 e. The zero-order valence-electron chi connectivity index (χ0n) is 19.6. The van der Waals surface area contributed by atoms with Crippen molar-refractivity contribution in [3.8, 4) is 11.1 Å². The van der Waals surface area contributed by atoms with Gasteiger partial charge in [0.25, 0.3) is 10.0 Å². The average molecular weight is 556 g/mol. The summed E-state index contributed by atoms with van der Waals surface area (Å²) in [7, 11) is -4.43. The lowest BCUT2D eigenvalue weighted by Crippen LogP contribution is -2.17. The van der Waals surface area contributed by atoms with Gasteiger partial charge in [-0.1, -0.05) is 23.7 Å². The number of anilines is 2. The number of aryl methyl sites for hydroxylation is 2. The fraction of sp³-hybridized carbons (Fsp3) is 0.115. The van der Waals surface area contributed by atoms with E-state index in [-0.39, 0.29) is 16.7 Å². The summed E-state index contributed by atoms with van der Waals surface area (Å²) in [6.45, 7) is 0. The summed E-state index contributed by atoms with van der Waals surface area (Å²) in [6.07, 6.45) is 1.48. The number of nitrogens with zero attached hydrogens (tertiary/aromatic N) is 2. The van der Waals surface area contributed by atoms with Crippen LogP contribution in [0.2, 0.25) is 5.02 Å². The molecule has 5 rings (SSSR count). The van der Waals surface area contributed by atoms with Gasteiger partial charge in [0.2, 0.25) is 11.9 Å². The summed E-state index contributed by atoms with van der Waals surface area (Å²) < 4.78 is 55.7. The minimum Gasteiger partial charge on any atom is -0.368 e. The monoisotopic (exact) mass is 555 g/mol. The molecule has 1 amide bonds. The minimum atomic E-state index is -4.43. The summed E-state index contributed by atoms with van der Waals surface area (Å²) in [5.41, 5.74) is 16.0. The fourth-order valence-electron chi connectivity index (χ4n) is 4.46. The van der Waals surface area contributed by atoms with Crippen LogP contribution in [0.15, 0.2) is 59.5 Å². The van der Waals surface area contributed by atoms with Crippen LogP contribution in [0.3, 0.4) is 0 Å². The summed E-state index contributed by atoms with van der Waals surface area (Å²) >= 11 is 6.41. The number of nitrogens with two attached hydrogens (primary N) is 2. The van der Waals surface area contributed by atoms with Crippen LogP contribution in [0.5, 0.6) is 0 Å². The highest BCUT2D eigenvalue weighted by molar-refractivity contribution is 7.92. The van der Waals surface area contributed by atoms with E-state index in [2.05, 4.69) is 14.7 Å². The van der Waals surface area contributed by atoms with E-state index in [1.165, 1.54) is 0 Å². The molecule has 0 bridgehead atoms. The van der Waals surface area contributed by atoms with Gasteiger partial charge in [0.15, 0.2) is 0 Å². The molecule has 5 N–H and O–H groups in total. The Kier molecular flexibility index (Phi) is 6.49. The van der Waals surface area contributed by atoms with Crippen LogP contribution in [-0.4, -0.2) is 24.3 Å². The smallest absolute Gasteiger partial charge is 0.264 e. The molecule has 0 aliphatic heterocycles. The fourth-order valence-corrected chi connectivity index (χ4v) is 5.88. The topological polar surface area (TPSA) is 141 Å². The van der Waals surface area contributed by atoms with Gasteiger partial charge in [-0.15, -0.1) is 0 Å².